The second-order valence-electron chi connectivity index (χ2n) is 5.34. The molecule has 0 saturated heterocycles. The number of ether oxygens (including phenoxy) is 1. The molecule has 8 heteroatoms. The summed E-state index contributed by atoms with van der Waals surface area (Å²) >= 11 is 1.36. The van der Waals surface area contributed by atoms with Gasteiger partial charge >= 0.3 is 0 Å². The molecule has 1 N–H and O–H groups in total. The Kier molecular flexibility index (Phi) is 4.57. The van der Waals surface area contributed by atoms with Gasteiger partial charge in [0.2, 0.25) is 11.6 Å². The van der Waals surface area contributed by atoms with Gasteiger partial charge in [-0.25, -0.2) is 9.67 Å². The highest BCUT2D eigenvalue weighted by molar-refractivity contribution is 7.13. The summed E-state index contributed by atoms with van der Waals surface area (Å²) in [5, 5.41) is 13.1. The minimum Gasteiger partial charge on any atom is -0.479 e. The maximum atomic E-state index is 12.4. The van der Waals surface area contributed by atoms with E-state index < -0.39 is 5.91 Å². The summed E-state index contributed by atoms with van der Waals surface area (Å²) in [6, 6.07) is 8.07. The van der Waals surface area contributed by atoms with Crippen molar-refractivity contribution in [1.82, 2.24) is 20.0 Å². The SMILES string of the molecule is COc1c(C(=O)Nc2nc(C)cs2)nnn1Cc1ccc(C)cc1. The molecular formula is C16H17N5O2S. The average molecular weight is 343 g/mol. The Balaban J connectivity index is 1.80. The smallest absolute Gasteiger partial charge is 0.283 e. The lowest BCUT2D eigenvalue weighted by Crippen LogP contribution is -2.14. The third kappa shape index (κ3) is 3.43. The van der Waals surface area contributed by atoms with Crippen molar-refractivity contribution in [2.75, 3.05) is 12.4 Å². The van der Waals surface area contributed by atoms with Crippen molar-refractivity contribution in [2.45, 2.75) is 20.4 Å². The molecule has 0 bridgehead atoms. The number of benzene rings is 1. The van der Waals surface area contributed by atoms with Crippen LogP contribution in [0.3, 0.4) is 0 Å². The van der Waals surface area contributed by atoms with Crippen LogP contribution >= 0.6 is 11.3 Å². The third-order valence-electron chi connectivity index (χ3n) is 3.39. The van der Waals surface area contributed by atoms with Crippen LogP contribution < -0.4 is 10.1 Å². The third-order valence-corrected chi connectivity index (χ3v) is 4.27. The molecule has 0 radical (unpaired) electrons. The standard InChI is InChI=1S/C16H17N5O2S/c1-10-4-6-12(7-5-10)8-21-15(23-3)13(19-20-21)14(22)18-16-17-11(2)9-24-16/h4-7,9H,8H2,1-3H3,(H,17,18,22). The number of aromatic nitrogens is 4. The molecule has 24 heavy (non-hydrogen) atoms. The Morgan fingerprint density at radius 3 is 2.67 bits per heavy atom. The summed E-state index contributed by atoms with van der Waals surface area (Å²) in [4.78, 5) is 16.6. The molecule has 0 aliphatic rings. The van der Waals surface area contributed by atoms with E-state index in [0.29, 0.717) is 17.6 Å². The molecule has 0 fully saturated rings. The first-order chi connectivity index (χ1) is 11.6. The fourth-order valence-corrected chi connectivity index (χ4v) is 2.87. The first-order valence-electron chi connectivity index (χ1n) is 7.33. The second kappa shape index (κ2) is 6.79. The molecule has 0 unspecified atom stereocenters. The first kappa shape index (κ1) is 16.1. The number of hydrogen-bond donors (Lipinski definition) is 1. The van der Waals surface area contributed by atoms with Gasteiger partial charge in [0.15, 0.2) is 5.13 Å². The highest BCUT2D eigenvalue weighted by Gasteiger charge is 2.21. The van der Waals surface area contributed by atoms with E-state index >= 15 is 0 Å². The Morgan fingerprint density at radius 1 is 1.29 bits per heavy atom. The van der Waals surface area contributed by atoms with Crippen LogP contribution in [0.5, 0.6) is 5.88 Å². The minimum absolute atomic E-state index is 0.137. The van der Waals surface area contributed by atoms with Crippen LogP contribution in [0, 0.1) is 13.8 Å². The zero-order chi connectivity index (χ0) is 17.1. The van der Waals surface area contributed by atoms with Crippen LogP contribution in [-0.2, 0) is 6.54 Å². The molecule has 0 spiro atoms. The van der Waals surface area contributed by atoms with Crippen LogP contribution in [0.1, 0.15) is 27.3 Å². The van der Waals surface area contributed by atoms with Gasteiger partial charge < -0.3 is 4.74 Å². The number of carbonyl (C=O) groups excluding carboxylic acids is 1. The van der Waals surface area contributed by atoms with E-state index in [1.807, 2.05) is 43.5 Å². The van der Waals surface area contributed by atoms with Crippen molar-refractivity contribution >= 4 is 22.4 Å². The summed E-state index contributed by atoms with van der Waals surface area (Å²) in [6.45, 7) is 4.37. The van der Waals surface area contributed by atoms with E-state index in [1.165, 1.54) is 24.0 Å². The summed E-state index contributed by atoms with van der Waals surface area (Å²) in [5.41, 5.74) is 3.22. The van der Waals surface area contributed by atoms with Gasteiger partial charge in [-0.3, -0.25) is 10.1 Å². The molecule has 3 rings (SSSR count). The monoisotopic (exact) mass is 343 g/mol. The molecule has 1 aromatic carbocycles. The van der Waals surface area contributed by atoms with Gasteiger partial charge in [-0.05, 0) is 19.4 Å². The summed E-state index contributed by atoms with van der Waals surface area (Å²) < 4.78 is 6.90. The van der Waals surface area contributed by atoms with E-state index in [-0.39, 0.29) is 5.69 Å². The van der Waals surface area contributed by atoms with Crippen molar-refractivity contribution in [1.29, 1.82) is 0 Å². The number of amides is 1. The lowest BCUT2D eigenvalue weighted by atomic mass is 10.1. The summed E-state index contributed by atoms with van der Waals surface area (Å²) in [6.07, 6.45) is 0. The fraction of sp³-hybridized carbons (Fsp3) is 0.250. The van der Waals surface area contributed by atoms with Gasteiger partial charge in [-0.15, -0.1) is 16.4 Å². The van der Waals surface area contributed by atoms with Gasteiger partial charge in [0.25, 0.3) is 5.91 Å². The zero-order valence-corrected chi connectivity index (χ0v) is 14.4. The average Bonchev–Trinajstić information content (AvgIpc) is 3.15. The number of nitrogens with zero attached hydrogens (tertiary/aromatic N) is 4. The number of methoxy groups -OCH3 is 1. The van der Waals surface area contributed by atoms with E-state index in [4.69, 9.17) is 4.74 Å². The maximum Gasteiger partial charge on any atom is 0.283 e. The van der Waals surface area contributed by atoms with Gasteiger partial charge in [-0.2, -0.15) is 0 Å². The van der Waals surface area contributed by atoms with Crippen molar-refractivity contribution in [3.05, 3.63) is 52.2 Å². The topological polar surface area (TPSA) is 81.9 Å². The fourth-order valence-electron chi connectivity index (χ4n) is 2.19. The number of nitrogens with one attached hydrogen (secondary N) is 1. The minimum atomic E-state index is -0.392. The molecule has 0 aliphatic carbocycles. The highest BCUT2D eigenvalue weighted by Crippen LogP contribution is 2.20. The number of rotatable bonds is 5. The molecule has 2 aromatic heterocycles. The quantitative estimate of drug-likeness (QED) is 0.770. The van der Waals surface area contributed by atoms with Crippen molar-refractivity contribution in [2.24, 2.45) is 0 Å². The van der Waals surface area contributed by atoms with E-state index in [9.17, 15) is 4.79 Å². The van der Waals surface area contributed by atoms with Crippen LogP contribution in [0.4, 0.5) is 5.13 Å². The molecule has 0 atom stereocenters. The van der Waals surface area contributed by atoms with E-state index in [1.54, 1.807) is 4.68 Å². The normalized spacial score (nSPS) is 10.6. The van der Waals surface area contributed by atoms with Crippen LogP contribution in [0.25, 0.3) is 0 Å². The predicted molar refractivity (Wildman–Crippen MR) is 91.7 cm³/mol. The molecule has 2 heterocycles. The molecule has 124 valence electrons. The van der Waals surface area contributed by atoms with Gasteiger partial charge in [0.05, 0.1) is 19.3 Å². The number of hydrogen-bond acceptors (Lipinski definition) is 6. The Bertz CT molecular complexity index is 854. The molecule has 0 aliphatic heterocycles. The van der Waals surface area contributed by atoms with Gasteiger partial charge in [0, 0.05) is 5.38 Å². The Morgan fingerprint density at radius 2 is 2.04 bits per heavy atom. The van der Waals surface area contributed by atoms with Crippen LogP contribution in [-0.4, -0.2) is 33.0 Å². The van der Waals surface area contributed by atoms with Gasteiger partial charge in [-0.1, -0.05) is 35.0 Å². The van der Waals surface area contributed by atoms with E-state index in [0.717, 1.165) is 11.3 Å². The maximum absolute atomic E-state index is 12.4. The van der Waals surface area contributed by atoms with Crippen LogP contribution in [0.2, 0.25) is 0 Å². The zero-order valence-electron chi connectivity index (χ0n) is 13.6. The summed E-state index contributed by atoms with van der Waals surface area (Å²) in [7, 11) is 1.49. The molecule has 3 aromatic rings. The van der Waals surface area contributed by atoms with Crippen molar-refractivity contribution in [3.63, 3.8) is 0 Å². The predicted octanol–water partition coefficient (Wildman–Crippen LogP) is 2.66. The van der Waals surface area contributed by atoms with E-state index in [2.05, 4.69) is 20.6 Å². The second-order valence-corrected chi connectivity index (χ2v) is 6.20. The number of aryl methyl sites for hydroxylation is 2. The van der Waals surface area contributed by atoms with Gasteiger partial charge in [0.1, 0.15) is 0 Å². The van der Waals surface area contributed by atoms with Crippen molar-refractivity contribution in [3.8, 4) is 5.88 Å². The lowest BCUT2D eigenvalue weighted by Gasteiger charge is -2.07. The number of anilines is 1. The number of carbonyl (C=O) groups is 1. The van der Waals surface area contributed by atoms with Crippen LogP contribution in [0.15, 0.2) is 29.6 Å². The summed E-state index contributed by atoms with van der Waals surface area (Å²) in [5.74, 6) is -0.0716. The first-order valence-corrected chi connectivity index (χ1v) is 8.21. The molecule has 7 nitrogen and oxygen atoms in total. The Labute approximate surface area is 143 Å². The molecule has 0 saturated carbocycles. The Hall–Kier alpha value is -2.74. The molecule has 1 amide bonds. The largest absolute Gasteiger partial charge is 0.479 e. The highest BCUT2D eigenvalue weighted by atomic mass is 32.1. The number of thiazole rings is 1. The van der Waals surface area contributed by atoms with Crippen molar-refractivity contribution < 1.29 is 9.53 Å². The lowest BCUT2D eigenvalue weighted by molar-refractivity contribution is 0.101. The molecular weight excluding hydrogens is 326 g/mol.